The molecule has 10 nitrogen and oxygen atoms in total. The first-order chi connectivity index (χ1) is 11.6. The normalized spacial score (nSPS) is 19.1. The van der Waals surface area contributed by atoms with E-state index in [1.165, 1.54) is 0 Å². The third kappa shape index (κ3) is 2.76. The molecule has 0 aromatic carbocycles. The highest BCUT2D eigenvalue weighted by Gasteiger charge is 2.26. The van der Waals surface area contributed by atoms with Crippen LogP contribution in [0.4, 0.5) is 11.8 Å². The lowest BCUT2D eigenvalue weighted by molar-refractivity contribution is -0.0372. The van der Waals surface area contributed by atoms with Gasteiger partial charge < -0.3 is 25.7 Å². The van der Waals surface area contributed by atoms with Gasteiger partial charge in [0.15, 0.2) is 11.5 Å². The molecule has 4 heterocycles. The molecule has 5 N–H and O–H groups in total. The second-order valence-corrected chi connectivity index (χ2v) is 5.81. The van der Waals surface area contributed by atoms with E-state index < -0.39 is 0 Å². The second kappa shape index (κ2) is 5.73. The number of nitrogen functional groups attached to an aromatic ring is 2. The largest absolute Gasteiger partial charge is 0.382 e. The van der Waals surface area contributed by atoms with Crippen LogP contribution in [0.1, 0.15) is 23.4 Å². The molecular formula is C14H18N8O2. The number of aromatic amines is 1. The van der Waals surface area contributed by atoms with Crippen molar-refractivity contribution in [2.75, 3.05) is 31.2 Å². The quantitative estimate of drug-likeness (QED) is 0.620. The zero-order valence-corrected chi connectivity index (χ0v) is 13.2. The number of nitrogens with zero attached hydrogens (tertiary/aromatic N) is 5. The zero-order valence-electron chi connectivity index (χ0n) is 13.2. The molecule has 1 saturated heterocycles. The maximum atomic E-state index is 5.86. The highest BCUT2D eigenvalue weighted by atomic mass is 16.5. The van der Waals surface area contributed by atoms with Gasteiger partial charge in [-0.05, 0) is 6.92 Å². The molecular weight excluding hydrogens is 312 g/mol. The van der Waals surface area contributed by atoms with Crippen LogP contribution in [0.2, 0.25) is 0 Å². The molecule has 10 heteroatoms. The van der Waals surface area contributed by atoms with E-state index >= 15 is 0 Å². The summed E-state index contributed by atoms with van der Waals surface area (Å²) < 4.78 is 11.0. The molecule has 0 radical (unpaired) electrons. The van der Waals surface area contributed by atoms with Crippen LogP contribution in [0.15, 0.2) is 10.6 Å². The number of imidazole rings is 1. The van der Waals surface area contributed by atoms with E-state index in [9.17, 15) is 0 Å². The first kappa shape index (κ1) is 14.8. The van der Waals surface area contributed by atoms with Crippen molar-refractivity contribution in [2.45, 2.75) is 19.6 Å². The van der Waals surface area contributed by atoms with E-state index in [0.29, 0.717) is 36.7 Å². The van der Waals surface area contributed by atoms with Gasteiger partial charge in [0.25, 0.3) is 0 Å². The number of morpholine rings is 1. The number of hydrogen-bond donors (Lipinski definition) is 3. The molecule has 1 aliphatic rings. The smallest absolute Gasteiger partial charge is 0.224 e. The Hall–Kier alpha value is -2.72. The minimum Gasteiger partial charge on any atom is -0.382 e. The second-order valence-electron chi connectivity index (χ2n) is 5.81. The molecule has 0 bridgehead atoms. The predicted octanol–water partition coefficient (Wildman–Crippen LogP) is 0.387. The average molecular weight is 330 g/mol. The van der Waals surface area contributed by atoms with Crippen molar-refractivity contribution < 1.29 is 9.26 Å². The Morgan fingerprint density at radius 1 is 1.33 bits per heavy atom. The first-order valence-electron chi connectivity index (χ1n) is 7.63. The van der Waals surface area contributed by atoms with Crippen molar-refractivity contribution in [3.05, 3.63) is 23.3 Å². The van der Waals surface area contributed by atoms with Gasteiger partial charge in [0.05, 0.1) is 12.3 Å². The summed E-state index contributed by atoms with van der Waals surface area (Å²) in [5.74, 6) is 1.85. The van der Waals surface area contributed by atoms with Crippen molar-refractivity contribution >= 4 is 22.9 Å². The summed E-state index contributed by atoms with van der Waals surface area (Å²) in [7, 11) is 0. The van der Waals surface area contributed by atoms with Crippen molar-refractivity contribution in [1.29, 1.82) is 0 Å². The minimum atomic E-state index is -0.207. The van der Waals surface area contributed by atoms with Crippen LogP contribution >= 0.6 is 0 Å². The standard InChI is InChI=1S/C14H18N8O2/c1-7-4-8(21-24-7)5-22-2-3-23-9(6-22)12-17-10-11(15)18-14(16)20-13(10)19-12/h4,9H,2-3,5-6H2,1H3,(H5,15,16,17,18,19,20). The molecule has 3 aromatic heterocycles. The first-order valence-corrected chi connectivity index (χ1v) is 7.63. The third-order valence-corrected chi connectivity index (χ3v) is 3.93. The van der Waals surface area contributed by atoms with Gasteiger partial charge in [-0.1, -0.05) is 5.16 Å². The molecule has 0 aliphatic carbocycles. The highest BCUT2D eigenvalue weighted by molar-refractivity contribution is 5.82. The molecule has 3 aromatic rings. The SMILES string of the molecule is Cc1cc(CN2CCOC(c3nc4nc(N)nc(N)c4[nH]3)C2)no1. The molecule has 0 amide bonds. The van der Waals surface area contributed by atoms with Gasteiger partial charge >= 0.3 is 0 Å². The number of aryl methyl sites for hydroxylation is 1. The monoisotopic (exact) mass is 330 g/mol. The number of ether oxygens (including phenoxy) is 1. The summed E-state index contributed by atoms with van der Waals surface area (Å²) in [6.45, 7) is 4.67. The molecule has 1 aliphatic heterocycles. The van der Waals surface area contributed by atoms with Crippen LogP contribution in [0.25, 0.3) is 11.2 Å². The van der Waals surface area contributed by atoms with Gasteiger partial charge in [0.2, 0.25) is 5.95 Å². The fourth-order valence-electron chi connectivity index (χ4n) is 2.84. The maximum absolute atomic E-state index is 5.86. The van der Waals surface area contributed by atoms with Gasteiger partial charge in [-0.15, -0.1) is 0 Å². The summed E-state index contributed by atoms with van der Waals surface area (Å²) in [6, 6.07) is 1.94. The average Bonchev–Trinajstić information content (AvgIpc) is 3.14. The summed E-state index contributed by atoms with van der Waals surface area (Å²) >= 11 is 0. The van der Waals surface area contributed by atoms with Crippen LogP contribution < -0.4 is 11.5 Å². The Labute approximate surface area is 137 Å². The summed E-state index contributed by atoms with van der Waals surface area (Å²) in [6.07, 6.45) is -0.207. The number of rotatable bonds is 3. The highest BCUT2D eigenvalue weighted by Crippen LogP contribution is 2.25. The fourth-order valence-corrected chi connectivity index (χ4v) is 2.84. The number of nitrogens with one attached hydrogen (secondary N) is 1. The Morgan fingerprint density at radius 3 is 3.00 bits per heavy atom. The lowest BCUT2D eigenvalue weighted by Gasteiger charge is -2.31. The van der Waals surface area contributed by atoms with E-state index in [1.807, 2.05) is 13.0 Å². The van der Waals surface area contributed by atoms with Gasteiger partial charge in [0, 0.05) is 25.7 Å². The molecule has 1 atom stereocenters. The van der Waals surface area contributed by atoms with Crippen LogP contribution in [-0.4, -0.2) is 49.7 Å². The third-order valence-electron chi connectivity index (χ3n) is 3.93. The van der Waals surface area contributed by atoms with Crippen LogP contribution in [-0.2, 0) is 11.3 Å². The van der Waals surface area contributed by atoms with E-state index in [-0.39, 0.29) is 17.9 Å². The Balaban J connectivity index is 1.54. The summed E-state index contributed by atoms with van der Waals surface area (Å²) in [4.78, 5) is 17.9. The number of nitrogens with two attached hydrogens (primary N) is 2. The Kier molecular flexibility index (Phi) is 3.54. The summed E-state index contributed by atoms with van der Waals surface area (Å²) in [5.41, 5.74) is 13.4. The van der Waals surface area contributed by atoms with Gasteiger partial charge in [-0.2, -0.15) is 9.97 Å². The predicted molar refractivity (Wildman–Crippen MR) is 85.7 cm³/mol. The zero-order chi connectivity index (χ0) is 16.7. The van der Waals surface area contributed by atoms with Crippen molar-refractivity contribution in [3.8, 4) is 0 Å². The number of fused-ring (bicyclic) bond motifs is 1. The molecule has 24 heavy (non-hydrogen) atoms. The maximum Gasteiger partial charge on any atom is 0.224 e. The number of aromatic nitrogens is 5. The Bertz CT molecular complexity index is 873. The van der Waals surface area contributed by atoms with Gasteiger partial charge in [-0.25, -0.2) is 4.98 Å². The van der Waals surface area contributed by atoms with E-state index in [0.717, 1.165) is 18.0 Å². The molecule has 4 rings (SSSR count). The molecule has 126 valence electrons. The van der Waals surface area contributed by atoms with Crippen molar-refractivity contribution in [3.63, 3.8) is 0 Å². The topological polar surface area (TPSA) is 145 Å². The number of anilines is 2. The molecule has 0 saturated carbocycles. The lowest BCUT2D eigenvalue weighted by atomic mass is 10.2. The van der Waals surface area contributed by atoms with Gasteiger partial charge in [-0.3, -0.25) is 4.90 Å². The molecule has 0 spiro atoms. The molecule has 1 unspecified atom stereocenters. The minimum absolute atomic E-state index is 0.102. The van der Waals surface area contributed by atoms with E-state index in [1.54, 1.807) is 0 Å². The van der Waals surface area contributed by atoms with E-state index in [2.05, 4.69) is 30.0 Å². The van der Waals surface area contributed by atoms with Crippen molar-refractivity contribution in [1.82, 2.24) is 30.0 Å². The Morgan fingerprint density at radius 2 is 2.21 bits per heavy atom. The lowest BCUT2D eigenvalue weighted by Crippen LogP contribution is -2.38. The van der Waals surface area contributed by atoms with Crippen molar-refractivity contribution in [2.24, 2.45) is 0 Å². The van der Waals surface area contributed by atoms with Gasteiger partial charge in [0.1, 0.15) is 23.2 Å². The fraction of sp³-hybridized carbons (Fsp3) is 0.429. The van der Waals surface area contributed by atoms with Crippen LogP contribution in [0.3, 0.4) is 0 Å². The number of H-pyrrole nitrogens is 1. The summed E-state index contributed by atoms with van der Waals surface area (Å²) in [5, 5.41) is 4.03. The van der Waals surface area contributed by atoms with E-state index in [4.69, 9.17) is 20.7 Å². The van der Waals surface area contributed by atoms with Crippen LogP contribution in [0.5, 0.6) is 0 Å². The molecule has 1 fully saturated rings. The number of hydrogen-bond acceptors (Lipinski definition) is 9. The van der Waals surface area contributed by atoms with Crippen LogP contribution in [0, 0.1) is 6.92 Å².